The van der Waals surface area contributed by atoms with E-state index in [9.17, 15) is 9.59 Å². The second-order valence-electron chi connectivity index (χ2n) is 6.08. The number of carbonyl (C=O) groups is 1. The van der Waals surface area contributed by atoms with Crippen molar-refractivity contribution in [2.45, 2.75) is 27.2 Å². The minimum atomic E-state index is -0.299. The number of carbonyl (C=O) groups excluding carboxylic acids is 1. The molecule has 3 rings (SSSR count). The number of aromatic nitrogens is 2. The molecule has 1 amide bonds. The zero-order chi connectivity index (χ0) is 17.3. The Hall–Kier alpha value is -2.15. The average molecular weight is 346 g/mol. The van der Waals surface area contributed by atoms with Crippen LogP contribution in [0.25, 0.3) is 0 Å². The van der Waals surface area contributed by atoms with Gasteiger partial charge in [0.1, 0.15) is 5.56 Å². The molecule has 128 valence electrons. The number of anilines is 1. The van der Waals surface area contributed by atoms with Crippen LogP contribution in [-0.4, -0.2) is 47.0 Å². The van der Waals surface area contributed by atoms with Crippen molar-refractivity contribution in [3.8, 4) is 0 Å². The molecule has 1 aliphatic rings. The lowest BCUT2D eigenvalue weighted by Gasteiger charge is -2.34. The molecule has 0 radical (unpaired) electrons. The molecule has 3 heterocycles. The number of rotatable bonds is 3. The summed E-state index contributed by atoms with van der Waals surface area (Å²) < 4.78 is 0. The third-order valence-corrected chi connectivity index (χ3v) is 5.51. The molecule has 1 fully saturated rings. The van der Waals surface area contributed by atoms with Crippen LogP contribution in [0.4, 0.5) is 5.13 Å². The average Bonchev–Trinajstić information content (AvgIpc) is 3.03. The van der Waals surface area contributed by atoms with Gasteiger partial charge in [-0.25, -0.2) is 4.98 Å². The van der Waals surface area contributed by atoms with Gasteiger partial charge < -0.3 is 14.8 Å². The highest BCUT2D eigenvalue weighted by Gasteiger charge is 2.26. The highest BCUT2D eigenvalue weighted by atomic mass is 32.1. The van der Waals surface area contributed by atoms with Gasteiger partial charge in [0.15, 0.2) is 5.13 Å². The molecule has 0 unspecified atom stereocenters. The maximum Gasteiger partial charge on any atom is 0.261 e. The minimum Gasteiger partial charge on any atom is -0.345 e. The fourth-order valence-electron chi connectivity index (χ4n) is 2.99. The summed E-state index contributed by atoms with van der Waals surface area (Å²) in [6.45, 7) is 8.44. The van der Waals surface area contributed by atoms with Crippen LogP contribution >= 0.6 is 11.3 Å². The van der Waals surface area contributed by atoms with E-state index in [1.165, 1.54) is 4.88 Å². The van der Waals surface area contributed by atoms with Gasteiger partial charge in [0.05, 0.1) is 0 Å². The number of H-pyrrole nitrogens is 1. The summed E-state index contributed by atoms with van der Waals surface area (Å²) in [5, 5.41) is 1.02. The van der Waals surface area contributed by atoms with Gasteiger partial charge in [-0.15, -0.1) is 11.3 Å². The zero-order valence-corrected chi connectivity index (χ0v) is 15.1. The fourth-order valence-corrected chi connectivity index (χ4v) is 3.89. The summed E-state index contributed by atoms with van der Waals surface area (Å²) in [5.74, 6) is -0.179. The van der Waals surface area contributed by atoms with Crippen molar-refractivity contribution in [3.63, 3.8) is 0 Å². The van der Waals surface area contributed by atoms with Crippen LogP contribution in [0.15, 0.2) is 17.1 Å². The lowest BCUT2D eigenvalue weighted by molar-refractivity contribution is 0.0744. The lowest BCUT2D eigenvalue weighted by atomic mass is 10.1. The van der Waals surface area contributed by atoms with Crippen LogP contribution in [0.3, 0.4) is 0 Å². The summed E-state index contributed by atoms with van der Waals surface area (Å²) >= 11 is 1.71. The molecule has 0 saturated carbocycles. The van der Waals surface area contributed by atoms with Crippen LogP contribution < -0.4 is 10.5 Å². The lowest BCUT2D eigenvalue weighted by Crippen LogP contribution is -2.49. The Balaban J connectivity index is 1.70. The SMILES string of the molecule is CCc1cnc(N2CCN(C(=O)c3c(C)cc(C)[nH]c3=O)CC2)s1. The van der Waals surface area contributed by atoms with E-state index in [0.29, 0.717) is 13.1 Å². The third-order valence-electron chi connectivity index (χ3n) is 4.31. The van der Waals surface area contributed by atoms with Crippen LogP contribution in [0.5, 0.6) is 0 Å². The topological polar surface area (TPSA) is 69.3 Å². The largest absolute Gasteiger partial charge is 0.345 e. The molecule has 7 heteroatoms. The van der Waals surface area contributed by atoms with Crippen molar-refractivity contribution in [1.82, 2.24) is 14.9 Å². The van der Waals surface area contributed by atoms with E-state index < -0.39 is 0 Å². The molecule has 2 aromatic heterocycles. The molecule has 1 saturated heterocycles. The predicted molar refractivity (Wildman–Crippen MR) is 96.1 cm³/mol. The van der Waals surface area contributed by atoms with Crippen molar-refractivity contribution in [2.75, 3.05) is 31.1 Å². The first kappa shape index (κ1) is 16.7. The van der Waals surface area contributed by atoms with Crippen LogP contribution in [0.2, 0.25) is 0 Å². The number of nitrogens with zero attached hydrogens (tertiary/aromatic N) is 3. The van der Waals surface area contributed by atoms with Gasteiger partial charge in [-0.05, 0) is 31.9 Å². The summed E-state index contributed by atoms with van der Waals surface area (Å²) in [6.07, 6.45) is 2.92. The Morgan fingerprint density at radius 2 is 2.00 bits per heavy atom. The van der Waals surface area contributed by atoms with Crippen LogP contribution in [0, 0.1) is 13.8 Å². The number of hydrogen-bond acceptors (Lipinski definition) is 5. The van der Waals surface area contributed by atoms with Gasteiger partial charge in [-0.1, -0.05) is 6.92 Å². The van der Waals surface area contributed by atoms with Crippen LogP contribution in [0.1, 0.15) is 33.4 Å². The number of thiazole rings is 1. The predicted octanol–water partition coefficient (Wildman–Crippen LogP) is 1.97. The maximum atomic E-state index is 12.7. The Morgan fingerprint density at radius 3 is 2.58 bits per heavy atom. The second kappa shape index (κ2) is 6.76. The Morgan fingerprint density at radius 1 is 1.29 bits per heavy atom. The molecule has 0 aliphatic carbocycles. The normalized spacial score (nSPS) is 15.0. The number of aromatic amines is 1. The van der Waals surface area contributed by atoms with Gasteiger partial charge in [0, 0.05) is 42.9 Å². The fraction of sp³-hybridized carbons (Fsp3) is 0.471. The first-order valence-electron chi connectivity index (χ1n) is 8.19. The minimum absolute atomic E-state index is 0.179. The molecule has 0 spiro atoms. The van der Waals surface area contributed by atoms with Crippen molar-refractivity contribution in [3.05, 3.63) is 44.3 Å². The van der Waals surface area contributed by atoms with Gasteiger partial charge >= 0.3 is 0 Å². The second-order valence-corrected chi connectivity index (χ2v) is 7.18. The van der Waals surface area contributed by atoms with E-state index in [1.54, 1.807) is 16.2 Å². The summed E-state index contributed by atoms with van der Waals surface area (Å²) in [4.78, 5) is 37.3. The Kier molecular flexibility index (Phi) is 4.71. The molecular formula is C17H22N4O2S. The summed E-state index contributed by atoms with van der Waals surface area (Å²) in [6, 6.07) is 1.84. The van der Waals surface area contributed by atoms with E-state index in [1.807, 2.05) is 26.1 Å². The number of nitrogens with one attached hydrogen (secondary N) is 1. The van der Waals surface area contributed by atoms with Gasteiger partial charge in [0.2, 0.25) is 0 Å². The number of amides is 1. The molecule has 1 aliphatic heterocycles. The van der Waals surface area contributed by atoms with Gasteiger partial charge in [0.25, 0.3) is 11.5 Å². The van der Waals surface area contributed by atoms with Crippen molar-refractivity contribution >= 4 is 22.4 Å². The van der Waals surface area contributed by atoms with Gasteiger partial charge in [-0.2, -0.15) is 0 Å². The maximum absolute atomic E-state index is 12.7. The smallest absolute Gasteiger partial charge is 0.261 e. The summed E-state index contributed by atoms with van der Waals surface area (Å²) in [7, 11) is 0. The van der Waals surface area contributed by atoms with Gasteiger partial charge in [-0.3, -0.25) is 9.59 Å². The number of pyridine rings is 1. The van der Waals surface area contributed by atoms with E-state index in [4.69, 9.17) is 0 Å². The number of aryl methyl sites for hydroxylation is 3. The Bertz CT molecular complexity index is 803. The quantitative estimate of drug-likeness (QED) is 0.923. The van der Waals surface area contributed by atoms with E-state index in [-0.39, 0.29) is 17.0 Å². The third kappa shape index (κ3) is 3.21. The van der Waals surface area contributed by atoms with E-state index >= 15 is 0 Å². The number of piperazine rings is 1. The first-order chi connectivity index (χ1) is 11.5. The van der Waals surface area contributed by atoms with Crippen LogP contribution in [-0.2, 0) is 6.42 Å². The van der Waals surface area contributed by atoms with Crippen molar-refractivity contribution in [2.24, 2.45) is 0 Å². The molecule has 0 atom stereocenters. The van der Waals surface area contributed by atoms with Crippen molar-refractivity contribution in [1.29, 1.82) is 0 Å². The zero-order valence-electron chi connectivity index (χ0n) is 14.3. The first-order valence-corrected chi connectivity index (χ1v) is 9.00. The Labute approximate surface area is 145 Å². The molecule has 24 heavy (non-hydrogen) atoms. The standard InChI is InChI=1S/C17H22N4O2S/c1-4-13-10-18-17(24-13)21-7-5-20(6-8-21)16(23)14-11(2)9-12(3)19-15(14)22/h9-10H,4-8H2,1-3H3,(H,19,22). The summed E-state index contributed by atoms with van der Waals surface area (Å²) in [5.41, 5.74) is 1.47. The molecule has 1 N–H and O–H groups in total. The monoisotopic (exact) mass is 346 g/mol. The number of hydrogen-bond donors (Lipinski definition) is 1. The van der Waals surface area contributed by atoms with E-state index in [2.05, 4.69) is 21.8 Å². The molecule has 2 aromatic rings. The molecular weight excluding hydrogens is 324 g/mol. The molecule has 0 bridgehead atoms. The van der Waals surface area contributed by atoms with Crippen molar-refractivity contribution < 1.29 is 4.79 Å². The molecule has 0 aromatic carbocycles. The highest BCUT2D eigenvalue weighted by Crippen LogP contribution is 2.24. The highest BCUT2D eigenvalue weighted by molar-refractivity contribution is 7.15. The van der Waals surface area contributed by atoms with E-state index in [0.717, 1.165) is 35.9 Å². The molecule has 6 nitrogen and oxygen atoms in total.